The average molecular weight is 268 g/mol. The minimum Gasteiger partial charge on any atom is -0.405 e. The van der Waals surface area contributed by atoms with Crippen LogP contribution in [0.5, 0.6) is 5.75 Å². The third-order valence-electron chi connectivity index (χ3n) is 1.96. The Labute approximate surface area is 104 Å². The molecule has 2 nitrogen and oxygen atoms in total. The third kappa shape index (κ3) is 5.10. The SMILES string of the molecule is C=CC[C@H](N)c1ccccc1OC(F)(F)F.Cl. The topological polar surface area (TPSA) is 35.2 Å². The molecule has 0 aromatic heterocycles. The van der Waals surface area contributed by atoms with E-state index in [0.717, 1.165) is 0 Å². The molecule has 0 bridgehead atoms. The number of halogens is 4. The van der Waals surface area contributed by atoms with Crippen LogP contribution in [0.25, 0.3) is 0 Å². The first kappa shape index (κ1) is 15.8. The monoisotopic (exact) mass is 267 g/mol. The van der Waals surface area contributed by atoms with Gasteiger partial charge in [0.2, 0.25) is 0 Å². The van der Waals surface area contributed by atoms with Crippen LogP contribution in [0.3, 0.4) is 0 Å². The van der Waals surface area contributed by atoms with E-state index in [4.69, 9.17) is 5.73 Å². The summed E-state index contributed by atoms with van der Waals surface area (Å²) in [5.41, 5.74) is 6.03. The maximum Gasteiger partial charge on any atom is 0.573 e. The van der Waals surface area contributed by atoms with Crippen LogP contribution in [0.4, 0.5) is 13.2 Å². The molecule has 0 saturated carbocycles. The van der Waals surface area contributed by atoms with Crippen molar-refractivity contribution in [2.45, 2.75) is 18.8 Å². The highest BCUT2D eigenvalue weighted by Gasteiger charge is 2.32. The molecule has 1 rings (SSSR count). The highest BCUT2D eigenvalue weighted by Crippen LogP contribution is 2.30. The van der Waals surface area contributed by atoms with Gasteiger partial charge in [-0.2, -0.15) is 0 Å². The van der Waals surface area contributed by atoms with Gasteiger partial charge in [-0.05, 0) is 12.5 Å². The summed E-state index contributed by atoms with van der Waals surface area (Å²) in [5.74, 6) is -0.260. The van der Waals surface area contributed by atoms with E-state index < -0.39 is 12.4 Å². The van der Waals surface area contributed by atoms with Gasteiger partial charge < -0.3 is 10.5 Å². The van der Waals surface area contributed by atoms with Crippen LogP contribution >= 0.6 is 12.4 Å². The van der Waals surface area contributed by atoms with E-state index in [2.05, 4.69) is 11.3 Å². The predicted octanol–water partition coefficient (Wildman–Crippen LogP) is 3.58. The standard InChI is InChI=1S/C11H12F3NO.ClH/c1-2-5-9(15)8-6-3-4-7-10(8)16-11(12,13)14;/h2-4,6-7,9H,1,5,15H2;1H/t9-;/m0./s1. The third-order valence-corrected chi connectivity index (χ3v) is 1.96. The molecular weight excluding hydrogens is 255 g/mol. The quantitative estimate of drug-likeness (QED) is 0.846. The van der Waals surface area contributed by atoms with Gasteiger partial charge in [-0.3, -0.25) is 0 Å². The summed E-state index contributed by atoms with van der Waals surface area (Å²) < 4.78 is 40.1. The van der Waals surface area contributed by atoms with Crippen LogP contribution in [0.15, 0.2) is 36.9 Å². The van der Waals surface area contributed by atoms with Gasteiger partial charge >= 0.3 is 6.36 Å². The van der Waals surface area contributed by atoms with Crippen molar-refractivity contribution in [2.24, 2.45) is 5.73 Å². The van der Waals surface area contributed by atoms with Crippen LogP contribution in [-0.2, 0) is 0 Å². The molecule has 6 heteroatoms. The zero-order valence-electron chi connectivity index (χ0n) is 8.91. The zero-order chi connectivity index (χ0) is 12.2. The number of para-hydroxylation sites is 1. The van der Waals surface area contributed by atoms with E-state index in [9.17, 15) is 13.2 Å². The Hall–Kier alpha value is -1.20. The predicted molar refractivity (Wildman–Crippen MR) is 62.1 cm³/mol. The van der Waals surface area contributed by atoms with Gasteiger partial charge in [-0.25, -0.2) is 0 Å². The molecule has 0 aliphatic rings. The van der Waals surface area contributed by atoms with Crippen molar-refractivity contribution in [3.8, 4) is 5.75 Å². The molecule has 0 heterocycles. The maximum atomic E-state index is 12.1. The van der Waals surface area contributed by atoms with Crippen molar-refractivity contribution < 1.29 is 17.9 Å². The lowest BCUT2D eigenvalue weighted by Gasteiger charge is -2.16. The number of benzene rings is 1. The van der Waals surface area contributed by atoms with Crippen LogP contribution in [0.1, 0.15) is 18.0 Å². The Kier molecular flexibility index (Phi) is 6.05. The van der Waals surface area contributed by atoms with E-state index in [1.54, 1.807) is 12.1 Å². The molecule has 17 heavy (non-hydrogen) atoms. The first-order chi connectivity index (χ1) is 7.44. The Balaban J connectivity index is 0.00000256. The lowest BCUT2D eigenvalue weighted by molar-refractivity contribution is -0.275. The van der Waals surface area contributed by atoms with Gasteiger partial charge in [-0.1, -0.05) is 24.3 Å². The Morgan fingerprint density at radius 1 is 1.35 bits per heavy atom. The van der Waals surface area contributed by atoms with Crippen LogP contribution in [0, 0.1) is 0 Å². The second-order valence-electron chi connectivity index (χ2n) is 3.22. The normalized spacial score (nSPS) is 12.5. The second-order valence-corrected chi connectivity index (χ2v) is 3.22. The average Bonchev–Trinajstić information content (AvgIpc) is 2.16. The molecule has 1 aromatic carbocycles. The number of hydrogen-bond donors (Lipinski definition) is 1. The fourth-order valence-electron chi connectivity index (χ4n) is 1.31. The van der Waals surface area contributed by atoms with E-state index in [0.29, 0.717) is 12.0 Å². The number of rotatable bonds is 4. The number of alkyl halides is 3. The van der Waals surface area contributed by atoms with Gasteiger partial charge in [0.25, 0.3) is 0 Å². The summed E-state index contributed by atoms with van der Waals surface area (Å²) in [5, 5.41) is 0. The molecule has 0 aliphatic heterocycles. The molecule has 0 amide bonds. The Bertz CT molecular complexity index is 368. The summed E-state index contributed by atoms with van der Waals surface area (Å²) in [6, 6.07) is 5.28. The number of nitrogens with two attached hydrogens (primary N) is 1. The Morgan fingerprint density at radius 3 is 2.47 bits per heavy atom. The molecule has 96 valence electrons. The fraction of sp³-hybridized carbons (Fsp3) is 0.273. The first-order valence-corrected chi connectivity index (χ1v) is 4.65. The maximum absolute atomic E-state index is 12.1. The van der Waals surface area contributed by atoms with Crippen LogP contribution in [-0.4, -0.2) is 6.36 Å². The number of hydrogen-bond acceptors (Lipinski definition) is 2. The van der Waals surface area contributed by atoms with E-state index in [-0.39, 0.29) is 18.2 Å². The Morgan fingerprint density at radius 2 is 1.94 bits per heavy atom. The van der Waals surface area contributed by atoms with Gasteiger partial charge in [0.1, 0.15) is 5.75 Å². The van der Waals surface area contributed by atoms with Crippen molar-refractivity contribution in [1.82, 2.24) is 0 Å². The molecule has 2 N–H and O–H groups in total. The summed E-state index contributed by atoms with van der Waals surface area (Å²) >= 11 is 0. The lowest BCUT2D eigenvalue weighted by Crippen LogP contribution is -2.20. The van der Waals surface area contributed by atoms with Crippen LogP contribution < -0.4 is 10.5 Å². The highest BCUT2D eigenvalue weighted by atomic mass is 35.5. The molecule has 0 spiro atoms. The largest absolute Gasteiger partial charge is 0.573 e. The molecule has 0 aliphatic carbocycles. The molecule has 1 aromatic rings. The van der Waals surface area contributed by atoms with Crippen molar-refractivity contribution in [1.29, 1.82) is 0 Å². The molecule has 0 saturated heterocycles. The van der Waals surface area contributed by atoms with Gasteiger partial charge in [0.15, 0.2) is 0 Å². The van der Waals surface area contributed by atoms with Crippen molar-refractivity contribution in [2.75, 3.05) is 0 Å². The number of ether oxygens (including phenoxy) is 1. The highest BCUT2D eigenvalue weighted by molar-refractivity contribution is 5.85. The molecule has 0 unspecified atom stereocenters. The van der Waals surface area contributed by atoms with Crippen molar-refractivity contribution in [3.05, 3.63) is 42.5 Å². The van der Waals surface area contributed by atoms with E-state index >= 15 is 0 Å². The first-order valence-electron chi connectivity index (χ1n) is 4.65. The summed E-state index contributed by atoms with van der Waals surface area (Å²) in [7, 11) is 0. The molecular formula is C11H13ClF3NO. The smallest absolute Gasteiger partial charge is 0.405 e. The summed E-state index contributed by atoms with van der Waals surface area (Å²) in [4.78, 5) is 0. The van der Waals surface area contributed by atoms with Gasteiger partial charge in [0, 0.05) is 11.6 Å². The minimum absolute atomic E-state index is 0. The van der Waals surface area contributed by atoms with E-state index in [1.807, 2.05) is 0 Å². The lowest BCUT2D eigenvalue weighted by atomic mass is 10.0. The van der Waals surface area contributed by atoms with Crippen LogP contribution in [0.2, 0.25) is 0 Å². The minimum atomic E-state index is -4.70. The molecule has 1 atom stereocenters. The molecule has 0 radical (unpaired) electrons. The second kappa shape index (κ2) is 6.51. The fourth-order valence-corrected chi connectivity index (χ4v) is 1.31. The molecule has 0 fully saturated rings. The zero-order valence-corrected chi connectivity index (χ0v) is 9.72. The summed E-state index contributed by atoms with van der Waals surface area (Å²) in [6.07, 6.45) is -2.77. The van der Waals surface area contributed by atoms with Gasteiger partial charge in [0.05, 0.1) is 0 Å². The van der Waals surface area contributed by atoms with Gasteiger partial charge in [-0.15, -0.1) is 32.2 Å². The summed E-state index contributed by atoms with van der Waals surface area (Å²) in [6.45, 7) is 3.49. The van der Waals surface area contributed by atoms with E-state index in [1.165, 1.54) is 18.2 Å². The van der Waals surface area contributed by atoms with Crippen molar-refractivity contribution >= 4 is 12.4 Å². The van der Waals surface area contributed by atoms with Crippen molar-refractivity contribution in [3.63, 3.8) is 0 Å².